The Kier molecular flexibility index (Phi) is 5.99. The Morgan fingerprint density at radius 2 is 1.67 bits per heavy atom. The number of imide groups is 1. The third kappa shape index (κ3) is 4.36. The molecule has 0 aliphatic carbocycles. The SMILES string of the molecule is CC(C)N1C(=O)c2ccc(C(=O)Nc3ccccc3CNC(=O)c3cccnc3)cc2C1=O. The fourth-order valence-electron chi connectivity index (χ4n) is 3.64. The van der Waals surface area contributed by atoms with Gasteiger partial charge in [0.05, 0.1) is 16.7 Å². The highest BCUT2D eigenvalue weighted by molar-refractivity contribution is 6.22. The molecule has 0 saturated heterocycles. The van der Waals surface area contributed by atoms with E-state index in [4.69, 9.17) is 0 Å². The van der Waals surface area contributed by atoms with Gasteiger partial charge in [-0.25, -0.2) is 0 Å². The molecule has 1 aliphatic heterocycles. The number of nitrogens with one attached hydrogen (secondary N) is 2. The van der Waals surface area contributed by atoms with Crippen LogP contribution in [0, 0.1) is 0 Å². The smallest absolute Gasteiger partial charge is 0.261 e. The summed E-state index contributed by atoms with van der Waals surface area (Å²) in [5.41, 5.74) is 2.45. The fraction of sp³-hybridized carbons (Fsp3) is 0.160. The number of pyridine rings is 1. The van der Waals surface area contributed by atoms with Gasteiger partial charge in [0, 0.05) is 36.2 Å². The lowest BCUT2D eigenvalue weighted by Crippen LogP contribution is -2.35. The second-order valence-electron chi connectivity index (χ2n) is 7.87. The van der Waals surface area contributed by atoms with Crippen LogP contribution in [0.4, 0.5) is 5.69 Å². The normalized spacial score (nSPS) is 12.6. The van der Waals surface area contributed by atoms with Gasteiger partial charge in [-0.3, -0.25) is 29.1 Å². The molecule has 0 radical (unpaired) electrons. The summed E-state index contributed by atoms with van der Waals surface area (Å²) in [6.45, 7) is 3.73. The highest BCUT2D eigenvalue weighted by Gasteiger charge is 2.37. The van der Waals surface area contributed by atoms with Crippen LogP contribution in [0.5, 0.6) is 0 Å². The quantitative estimate of drug-likeness (QED) is 0.570. The number of hydrogen-bond acceptors (Lipinski definition) is 5. The number of hydrogen-bond donors (Lipinski definition) is 2. The third-order valence-electron chi connectivity index (χ3n) is 5.33. The number of amides is 4. The third-order valence-corrected chi connectivity index (χ3v) is 5.33. The Morgan fingerprint density at radius 1 is 0.909 bits per heavy atom. The van der Waals surface area contributed by atoms with E-state index < -0.39 is 11.8 Å². The minimum Gasteiger partial charge on any atom is -0.348 e. The number of anilines is 1. The van der Waals surface area contributed by atoms with Gasteiger partial charge in [0.2, 0.25) is 0 Å². The van der Waals surface area contributed by atoms with Crippen LogP contribution in [0.25, 0.3) is 0 Å². The van der Waals surface area contributed by atoms with Crippen molar-refractivity contribution in [1.29, 1.82) is 0 Å². The van der Waals surface area contributed by atoms with Crippen LogP contribution in [0.3, 0.4) is 0 Å². The molecule has 0 spiro atoms. The van der Waals surface area contributed by atoms with Crippen molar-refractivity contribution < 1.29 is 19.2 Å². The van der Waals surface area contributed by atoms with Crippen LogP contribution in [-0.2, 0) is 6.54 Å². The summed E-state index contributed by atoms with van der Waals surface area (Å²) in [4.78, 5) is 55.4. The van der Waals surface area contributed by atoms with Gasteiger partial charge in [-0.05, 0) is 55.8 Å². The van der Waals surface area contributed by atoms with Gasteiger partial charge < -0.3 is 10.6 Å². The van der Waals surface area contributed by atoms with Crippen molar-refractivity contribution in [3.8, 4) is 0 Å². The molecule has 0 fully saturated rings. The zero-order chi connectivity index (χ0) is 23.5. The summed E-state index contributed by atoms with van der Waals surface area (Å²) in [5, 5.41) is 5.64. The number of nitrogens with zero attached hydrogens (tertiary/aromatic N) is 2. The lowest BCUT2D eigenvalue weighted by atomic mass is 10.0. The second kappa shape index (κ2) is 9.04. The minimum absolute atomic E-state index is 0.199. The van der Waals surface area contributed by atoms with Crippen molar-refractivity contribution in [2.24, 2.45) is 0 Å². The highest BCUT2D eigenvalue weighted by atomic mass is 16.2. The monoisotopic (exact) mass is 442 g/mol. The summed E-state index contributed by atoms with van der Waals surface area (Å²) in [6.07, 6.45) is 3.06. The molecule has 0 unspecified atom stereocenters. The Balaban J connectivity index is 1.50. The first kappa shape index (κ1) is 21.9. The molecule has 2 heterocycles. The summed E-state index contributed by atoms with van der Waals surface area (Å²) in [5.74, 6) is -1.46. The maximum atomic E-state index is 12.9. The zero-order valence-electron chi connectivity index (χ0n) is 18.2. The van der Waals surface area contributed by atoms with Crippen molar-refractivity contribution >= 4 is 29.3 Å². The maximum Gasteiger partial charge on any atom is 0.261 e. The molecule has 0 saturated carbocycles. The molecule has 0 bridgehead atoms. The van der Waals surface area contributed by atoms with Gasteiger partial charge in [0.25, 0.3) is 23.6 Å². The number of carbonyl (C=O) groups excluding carboxylic acids is 4. The molecule has 8 nitrogen and oxygen atoms in total. The topological polar surface area (TPSA) is 108 Å². The van der Waals surface area contributed by atoms with Gasteiger partial charge >= 0.3 is 0 Å². The van der Waals surface area contributed by atoms with E-state index in [9.17, 15) is 19.2 Å². The Labute approximate surface area is 190 Å². The van der Waals surface area contributed by atoms with Gasteiger partial charge in [-0.15, -0.1) is 0 Å². The second-order valence-corrected chi connectivity index (χ2v) is 7.87. The van der Waals surface area contributed by atoms with E-state index >= 15 is 0 Å². The summed E-state index contributed by atoms with van der Waals surface area (Å²) >= 11 is 0. The van der Waals surface area contributed by atoms with Crippen LogP contribution in [0.15, 0.2) is 67.0 Å². The molecule has 33 heavy (non-hydrogen) atoms. The molecule has 2 N–H and O–H groups in total. The first-order chi connectivity index (χ1) is 15.9. The van der Waals surface area contributed by atoms with Crippen LogP contribution in [0.1, 0.15) is 60.8 Å². The molecule has 166 valence electrons. The van der Waals surface area contributed by atoms with E-state index in [1.807, 2.05) is 0 Å². The molecule has 8 heteroatoms. The van der Waals surface area contributed by atoms with E-state index in [-0.39, 0.29) is 35.5 Å². The van der Waals surface area contributed by atoms with Gasteiger partial charge in [0.1, 0.15) is 0 Å². The molecule has 4 amide bonds. The Hall–Kier alpha value is -4.33. The number of rotatable bonds is 6. The molecule has 4 rings (SSSR count). The Bertz CT molecular complexity index is 1250. The molecule has 3 aromatic rings. The maximum absolute atomic E-state index is 12.9. The molecule has 1 aromatic heterocycles. The van der Waals surface area contributed by atoms with Crippen molar-refractivity contribution in [3.63, 3.8) is 0 Å². The number of fused-ring (bicyclic) bond motifs is 1. The predicted octanol–water partition coefficient (Wildman–Crippen LogP) is 3.27. The zero-order valence-corrected chi connectivity index (χ0v) is 18.2. The van der Waals surface area contributed by atoms with Crippen LogP contribution in [0.2, 0.25) is 0 Å². The van der Waals surface area contributed by atoms with Crippen LogP contribution < -0.4 is 10.6 Å². The van der Waals surface area contributed by atoms with E-state index in [0.717, 1.165) is 0 Å². The number of carbonyl (C=O) groups is 4. The molecule has 1 aliphatic rings. The molecule has 2 aromatic carbocycles. The van der Waals surface area contributed by atoms with Crippen LogP contribution in [-0.4, -0.2) is 39.6 Å². The lowest BCUT2D eigenvalue weighted by Gasteiger charge is -2.17. The summed E-state index contributed by atoms with van der Waals surface area (Å²) in [6, 6.07) is 14.6. The highest BCUT2D eigenvalue weighted by Crippen LogP contribution is 2.26. The van der Waals surface area contributed by atoms with Gasteiger partial charge in [-0.2, -0.15) is 0 Å². The van der Waals surface area contributed by atoms with E-state index in [2.05, 4.69) is 15.6 Å². The predicted molar refractivity (Wildman–Crippen MR) is 122 cm³/mol. The Morgan fingerprint density at radius 3 is 2.39 bits per heavy atom. The average molecular weight is 442 g/mol. The number of aromatic nitrogens is 1. The molecular formula is C25H22N4O4. The lowest BCUT2D eigenvalue weighted by molar-refractivity contribution is 0.0608. The fourth-order valence-corrected chi connectivity index (χ4v) is 3.64. The summed E-state index contributed by atoms with van der Waals surface area (Å²) in [7, 11) is 0. The van der Waals surface area contributed by atoms with Crippen molar-refractivity contribution in [3.05, 3.63) is 94.8 Å². The van der Waals surface area contributed by atoms with Crippen molar-refractivity contribution in [2.45, 2.75) is 26.4 Å². The van der Waals surface area contributed by atoms with Gasteiger partial charge in [-0.1, -0.05) is 18.2 Å². The first-order valence-corrected chi connectivity index (χ1v) is 10.5. The van der Waals surface area contributed by atoms with E-state index in [0.29, 0.717) is 22.4 Å². The standard InChI is InChI=1S/C25H22N4O4/c1-15(2)29-24(32)19-10-9-16(12-20(19)25(29)33)23(31)28-21-8-4-3-6-17(21)14-27-22(30)18-7-5-11-26-13-18/h3-13,15H,14H2,1-2H3,(H,27,30)(H,28,31). The van der Waals surface area contributed by atoms with E-state index in [1.165, 1.54) is 29.3 Å². The summed E-state index contributed by atoms with van der Waals surface area (Å²) < 4.78 is 0. The number of benzene rings is 2. The molecule has 0 atom stereocenters. The first-order valence-electron chi connectivity index (χ1n) is 10.5. The van der Waals surface area contributed by atoms with Crippen molar-refractivity contribution in [2.75, 3.05) is 5.32 Å². The average Bonchev–Trinajstić information content (AvgIpc) is 3.08. The number of para-hydroxylation sites is 1. The molecular weight excluding hydrogens is 420 g/mol. The van der Waals surface area contributed by atoms with Crippen molar-refractivity contribution in [1.82, 2.24) is 15.2 Å². The largest absolute Gasteiger partial charge is 0.348 e. The van der Waals surface area contributed by atoms with Crippen LogP contribution >= 0.6 is 0 Å². The van der Waals surface area contributed by atoms with E-state index in [1.54, 1.807) is 56.4 Å². The van der Waals surface area contributed by atoms with Gasteiger partial charge in [0.15, 0.2) is 0 Å². The minimum atomic E-state index is -0.424.